The first-order valence-corrected chi connectivity index (χ1v) is 13.8. The van der Waals surface area contributed by atoms with Crippen LogP contribution in [0.5, 0.6) is 0 Å². The lowest BCUT2D eigenvalue weighted by Crippen LogP contribution is -2.10. The van der Waals surface area contributed by atoms with E-state index >= 15 is 4.39 Å². The van der Waals surface area contributed by atoms with Gasteiger partial charge in [0.15, 0.2) is 0 Å². The number of nitrogens with zero attached hydrogens (tertiary/aromatic N) is 3. The second kappa shape index (κ2) is 9.08. The second-order valence-corrected chi connectivity index (χ2v) is 10.5. The van der Waals surface area contributed by atoms with Gasteiger partial charge in [0.25, 0.3) is 0 Å². The number of hydrogen-bond donors (Lipinski definition) is 0. The number of rotatable bonds is 3. The lowest BCUT2D eigenvalue weighted by molar-refractivity contribution is 0.584. The smallest absolute Gasteiger partial charge is 0.120 e. The van der Waals surface area contributed by atoms with Gasteiger partial charge in [-0.3, -0.25) is 0 Å². The van der Waals surface area contributed by atoms with Crippen LogP contribution in [0.4, 0.5) is 4.39 Å². The Bertz CT molecular complexity index is 2180. The van der Waals surface area contributed by atoms with Crippen molar-refractivity contribution in [2.45, 2.75) is 12.8 Å². The standard InChI is InChI=1S/C37H24FN3/c38-31-22-21-29(37(30(31)23-39)41-35-19-9-3-13-26(35)27-14-4-10-20-36(27)41)28-15-5-8-18-34(28)40-32-16-6-1-11-24(32)25-12-2-7-17-33(25)40/h1-20H,21-22H2. The molecule has 4 heteroatoms. The van der Waals surface area contributed by atoms with E-state index in [0.29, 0.717) is 12.1 Å². The number of allylic oxidation sites excluding steroid dienone is 4. The Labute approximate surface area is 236 Å². The Morgan fingerprint density at radius 3 is 1.49 bits per heavy atom. The number of para-hydroxylation sites is 5. The molecule has 0 saturated carbocycles. The Morgan fingerprint density at radius 1 is 0.537 bits per heavy atom. The third-order valence-electron chi connectivity index (χ3n) is 8.35. The van der Waals surface area contributed by atoms with Crippen LogP contribution in [0.2, 0.25) is 0 Å². The molecular weight excluding hydrogens is 505 g/mol. The van der Waals surface area contributed by atoms with E-state index in [-0.39, 0.29) is 17.8 Å². The zero-order valence-corrected chi connectivity index (χ0v) is 22.2. The molecule has 1 aliphatic carbocycles. The van der Waals surface area contributed by atoms with Crippen molar-refractivity contribution in [1.82, 2.24) is 9.13 Å². The normalized spacial score (nSPS) is 14.0. The lowest BCUT2D eigenvalue weighted by atomic mass is 9.89. The summed E-state index contributed by atoms with van der Waals surface area (Å²) in [6.45, 7) is 0. The van der Waals surface area contributed by atoms with Gasteiger partial charge in [-0.1, -0.05) is 91.0 Å². The maximum absolute atomic E-state index is 15.6. The van der Waals surface area contributed by atoms with Gasteiger partial charge in [0.1, 0.15) is 17.5 Å². The summed E-state index contributed by atoms with van der Waals surface area (Å²) in [5.41, 5.74) is 7.84. The minimum Gasteiger partial charge on any atom is -0.309 e. The van der Waals surface area contributed by atoms with E-state index in [4.69, 9.17) is 0 Å². The van der Waals surface area contributed by atoms with Crippen LogP contribution in [0.1, 0.15) is 18.4 Å². The molecule has 1 aliphatic rings. The number of aromatic nitrogens is 2. The molecule has 0 bridgehead atoms. The highest BCUT2D eigenvalue weighted by Gasteiger charge is 2.29. The van der Waals surface area contributed by atoms with Crippen molar-refractivity contribution >= 4 is 54.9 Å². The molecule has 8 rings (SSSR count). The van der Waals surface area contributed by atoms with Crippen molar-refractivity contribution in [3.8, 4) is 11.8 Å². The summed E-state index contributed by atoms with van der Waals surface area (Å²) in [6, 6.07) is 43.8. The van der Waals surface area contributed by atoms with Crippen LogP contribution in [-0.2, 0) is 0 Å². The van der Waals surface area contributed by atoms with Crippen molar-refractivity contribution in [3.05, 3.63) is 138 Å². The van der Waals surface area contributed by atoms with E-state index in [1.54, 1.807) is 0 Å². The lowest BCUT2D eigenvalue weighted by Gasteiger charge is -2.25. The summed E-state index contributed by atoms with van der Waals surface area (Å²) in [6.07, 6.45) is 0.682. The minimum atomic E-state index is -0.359. The van der Waals surface area contributed by atoms with Crippen LogP contribution < -0.4 is 0 Å². The van der Waals surface area contributed by atoms with Gasteiger partial charge in [-0.05, 0) is 42.3 Å². The molecular formula is C37H24FN3. The van der Waals surface area contributed by atoms with Crippen LogP contribution in [0.15, 0.2) is 133 Å². The SMILES string of the molecule is N#CC1=C(F)CCC(c2ccccc2-n2c3ccccc3c3ccccc32)=C1n1c2ccccc2c2ccccc21. The van der Waals surface area contributed by atoms with Crippen molar-refractivity contribution in [1.29, 1.82) is 5.26 Å². The third-order valence-corrected chi connectivity index (χ3v) is 8.35. The molecule has 0 unspecified atom stereocenters. The summed E-state index contributed by atoms with van der Waals surface area (Å²) >= 11 is 0. The first kappa shape index (κ1) is 23.5. The fraction of sp³-hybridized carbons (Fsp3) is 0.0541. The zero-order valence-electron chi connectivity index (χ0n) is 22.2. The maximum Gasteiger partial charge on any atom is 0.120 e. The molecule has 41 heavy (non-hydrogen) atoms. The van der Waals surface area contributed by atoms with Crippen molar-refractivity contribution in [3.63, 3.8) is 0 Å². The highest BCUT2D eigenvalue weighted by Crippen LogP contribution is 2.45. The first-order valence-electron chi connectivity index (χ1n) is 13.8. The summed E-state index contributed by atoms with van der Waals surface area (Å²) < 4.78 is 20.0. The fourth-order valence-corrected chi connectivity index (χ4v) is 6.65. The van der Waals surface area contributed by atoms with Gasteiger partial charge in [-0.2, -0.15) is 5.26 Å². The molecule has 0 aliphatic heterocycles. The quantitative estimate of drug-likeness (QED) is 0.224. The number of nitriles is 1. The van der Waals surface area contributed by atoms with E-state index < -0.39 is 0 Å². The van der Waals surface area contributed by atoms with Crippen LogP contribution in [-0.4, -0.2) is 9.13 Å². The Morgan fingerprint density at radius 2 is 0.976 bits per heavy atom. The average molecular weight is 530 g/mol. The van der Waals surface area contributed by atoms with Crippen molar-refractivity contribution < 1.29 is 4.39 Å². The monoisotopic (exact) mass is 529 g/mol. The maximum atomic E-state index is 15.6. The average Bonchev–Trinajstić information content (AvgIpc) is 3.54. The zero-order chi connectivity index (χ0) is 27.5. The predicted octanol–water partition coefficient (Wildman–Crippen LogP) is 9.80. The first-order chi connectivity index (χ1) is 20.3. The molecule has 0 amide bonds. The van der Waals surface area contributed by atoms with E-state index in [9.17, 15) is 5.26 Å². The molecule has 5 aromatic carbocycles. The third kappa shape index (κ3) is 3.36. The largest absolute Gasteiger partial charge is 0.309 e. The number of halogens is 1. The number of benzene rings is 5. The van der Waals surface area contributed by atoms with Crippen molar-refractivity contribution in [2.75, 3.05) is 0 Å². The predicted molar refractivity (Wildman–Crippen MR) is 166 cm³/mol. The molecule has 7 aromatic rings. The highest BCUT2D eigenvalue weighted by atomic mass is 19.1. The number of hydrogen-bond acceptors (Lipinski definition) is 1. The van der Waals surface area contributed by atoms with Crippen LogP contribution in [0.3, 0.4) is 0 Å². The molecule has 2 heterocycles. The van der Waals surface area contributed by atoms with Gasteiger partial charge in [-0.25, -0.2) is 4.39 Å². The van der Waals surface area contributed by atoms with Crippen LogP contribution in [0.25, 0.3) is 60.6 Å². The topological polar surface area (TPSA) is 33.6 Å². The molecule has 3 nitrogen and oxygen atoms in total. The van der Waals surface area contributed by atoms with Gasteiger partial charge in [0, 0.05) is 33.5 Å². The van der Waals surface area contributed by atoms with Gasteiger partial charge < -0.3 is 9.13 Å². The van der Waals surface area contributed by atoms with Crippen LogP contribution >= 0.6 is 0 Å². The number of fused-ring (bicyclic) bond motifs is 6. The molecule has 0 fully saturated rings. The van der Waals surface area contributed by atoms with E-state index in [2.05, 4.69) is 100 Å². The van der Waals surface area contributed by atoms with Gasteiger partial charge in [0.2, 0.25) is 0 Å². The Hall–Kier alpha value is -5.40. The molecule has 0 radical (unpaired) electrons. The molecule has 2 aromatic heterocycles. The highest BCUT2D eigenvalue weighted by molar-refractivity contribution is 6.14. The molecule has 0 N–H and O–H groups in total. The summed E-state index contributed by atoms with van der Waals surface area (Å²) in [5.74, 6) is -0.359. The molecule has 0 saturated heterocycles. The minimum absolute atomic E-state index is 0.106. The van der Waals surface area contributed by atoms with Crippen molar-refractivity contribution in [2.24, 2.45) is 0 Å². The Balaban J connectivity index is 1.52. The van der Waals surface area contributed by atoms with E-state index in [0.717, 1.165) is 49.7 Å². The molecule has 0 atom stereocenters. The van der Waals surface area contributed by atoms with E-state index in [1.807, 2.05) is 36.4 Å². The molecule has 194 valence electrons. The summed E-state index contributed by atoms with van der Waals surface area (Å²) in [7, 11) is 0. The van der Waals surface area contributed by atoms with Gasteiger partial charge >= 0.3 is 0 Å². The van der Waals surface area contributed by atoms with Gasteiger partial charge in [0.05, 0.1) is 33.5 Å². The van der Waals surface area contributed by atoms with Gasteiger partial charge in [-0.15, -0.1) is 0 Å². The second-order valence-electron chi connectivity index (χ2n) is 10.5. The van der Waals surface area contributed by atoms with Crippen LogP contribution in [0, 0.1) is 11.3 Å². The Kier molecular flexibility index (Phi) is 5.20. The fourth-order valence-electron chi connectivity index (χ4n) is 6.65. The summed E-state index contributed by atoms with van der Waals surface area (Å²) in [4.78, 5) is 0. The van der Waals surface area contributed by atoms with E-state index in [1.165, 1.54) is 10.8 Å². The summed E-state index contributed by atoms with van der Waals surface area (Å²) in [5, 5.41) is 14.9. The molecule has 0 spiro atoms.